The van der Waals surface area contributed by atoms with Gasteiger partial charge in [-0.05, 0) is 18.2 Å². The highest BCUT2D eigenvalue weighted by molar-refractivity contribution is 6.09. The van der Waals surface area contributed by atoms with Crippen LogP contribution in [0.15, 0.2) is 36.5 Å². The normalized spacial score (nSPS) is 11.3. The number of nitrogens with one attached hydrogen (secondary N) is 1. The van der Waals surface area contributed by atoms with E-state index in [1.54, 1.807) is 0 Å². The zero-order valence-corrected chi connectivity index (χ0v) is 9.86. The summed E-state index contributed by atoms with van der Waals surface area (Å²) in [6, 6.07) is 4.84. The Morgan fingerprint density at radius 1 is 1.05 bits per heavy atom. The summed E-state index contributed by atoms with van der Waals surface area (Å²) in [7, 11) is 0. The molecule has 2 rings (SSSR count). The predicted octanol–water partition coefficient (Wildman–Crippen LogP) is 2.96. The van der Waals surface area contributed by atoms with Crippen LogP contribution >= 0.6 is 0 Å². The maximum absolute atomic E-state index is 12.4. The van der Waals surface area contributed by atoms with Crippen molar-refractivity contribution < 1.29 is 27.9 Å². The molecule has 1 aromatic heterocycles. The van der Waals surface area contributed by atoms with Gasteiger partial charge in [0, 0.05) is 17.3 Å². The van der Waals surface area contributed by atoms with Crippen LogP contribution in [0.25, 0.3) is 0 Å². The molecule has 2 aromatic rings. The van der Waals surface area contributed by atoms with Crippen LogP contribution in [-0.4, -0.2) is 21.8 Å². The Morgan fingerprint density at radius 3 is 2.10 bits per heavy atom. The van der Waals surface area contributed by atoms with Gasteiger partial charge in [-0.25, -0.2) is 4.79 Å². The van der Waals surface area contributed by atoms with Gasteiger partial charge in [0.15, 0.2) is 5.78 Å². The molecular weight excluding hydrogens is 275 g/mol. The average Bonchev–Trinajstić information content (AvgIpc) is 2.86. The SMILES string of the molecule is O=C(c1ccc(C(F)(F)F)cc1)c1c[nH]c(C(=O)O)c1. The lowest BCUT2D eigenvalue weighted by molar-refractivity contribution is -0.137. The minimum Gasteiger partial charge on any atom is -0.477 e. The molecule has 0 unspecified atom stereocenters. The van der Waals surface area contributed by atoms with E-state index in [9.17, 15) is 22.8 Å². The van der Waals surface area contributed by atoms with E-state index >= 15 is 0 Å². The van der Waals surface area contributed by atoms with Crippen LogP contribution in [0.3, 0.4) is 0 Å². The second-order valence-electron chi connectivity index (χ2n) is 4.01. The number of carbonyl (C=O) groups excluding carboxylic acids is 1. The number of carboxylic acid groups (broad SMARTS) is 1. The van der Waals surface area contributed by atoms with Crippen LogP contribution < -0.4 is 0 Å². The van der Waals surface area contributed by atoms with Crippen LogP contribution in [-0.2, 0) is 6.18 Å². The summed E-state index contributed by atoms with van der Waals surface area (Å²) >= 11 is 0. The van der Waals surface area contributed by atoms with Crippen molar-refractivity contribution in [3.8, 4) is 0 Å². The molecular formula is C13H8F3NO3. The lowest BCUT2D eigenvalue weighted by Gasteiger charge is -2.06. The first-order valence-corrected chi connectivity index (χ1v) is 5.42. The number of carboxylic acids is 1. The molecule has 0 saturated heterocycles. The Kier molecular flexibility index (Phi) is 3.35. The highest BCUT2D eigenvalue weighted by Gasteiger charge is 2.30. The Balaban J connectivity index is 2.27. The van der Waals surface area contributed by atoms with Crippen LogP contribution in [0, 0.1) is 0 Å². The van der Waals surface area contributed by atoms with Crippen molar-refractivity contribution in [3.05, 3.63) is 58.9 Å². The van der Waals surface area contributed by atoms with Crippen molar-refractivity contribution in [2.45, 2.75) is 6.18 Å². The number of aromatic nitrogens is 1. The molecule has 2 N–H and O–H groups in total. The molecule has 0 bridgehead atoms. The summed E-state index contributed by atoms with van der Waals surface area (Å²) in [6.45, 7) is 0. The maximum Gasteiger partial charge on any atom is 0.416 e. The van der Waals surface area contributed by atoms with Gasteiger partial charge < -0.3 is 10.1 Å². The van der Waals surface area contributed by atoms with Gasteiger partial charge in [-0.3, -0.25) is 4.79 Å². The van der Waals surface area contributed by atoms with Crippen LogP contribution in [0.4, 0.5) is 13.2 Å². The molecule has 1 heterocycles. The standard InChI is InChI=1S/C13H8F3NO3/c14-13(15,16)9-3-1-7(2-4-9)11(18)8-5-10(12(19)20)17-6-8/h1-6,17H,(H,19,20). The van der Waals surface area contributed by atoms with Gasteiger partial charge in [-0.1, -0.05) is 12.1 Å². The number of aromatic amines is 1. The van der Waals surface area contributed by atoms with E-state index in [4.69, 9.17) is 5.11 Å². The molecule has 4 nitrogen and oxygen atoms in total. The van der Waals surface area contributed by atoms with Gasteiger partial charge in [-0.2, -0.15) is 13.2 Å². The van der Waals surface area contributed by atoms with Crippen molar-refractivity contribution in [2.24, 2.45) is 0 Å². The molecule has 0 saturated carbocycles. The molecule has 104 valence electrons. The molecule has 7 heteroatoms. The number of H-pyrrole nitrogens is 1. The first kappa shape index (κ1) is 13.9. The van der Waals surface area contributed by atoms with Crippen molar-refractivity contribution >= 4 is 11.8 Å². The van der Waals surface area contributed by atoms with Crippen LogP contribution in [0.5, 0.6) is 0 Å². The highest BCUT2D eigenvalue weighted by Crippen LogP contribution is 2.29. The summed E-state index contributed by atoms with van der Waals surface area (Å²) in [5.74, 6) is -1.78. The van der Waals surface area contributed by atoms with E-state index in [-0.39, 0.29) is 16.8 Å². The topological polar surface area (TPSA) is 70.2 Å². The van der Waals surface area contributed by atoms with Crippen LogP contribution in [0.2, 0.25) is 0 Å². The van der Waals surface area contributed by atoms with Crippen molar-refractivity contribution in [2.75, 3.05) is 0 Å². The summed E-state index contributed by atoms with van der Waals surface area (Å²) < 4.78 is 37.1. The Bertz CT molecular complexity index is 656. The number of hydrogen-bond donors (Lipinski definition) is 2. The molecule has 0 aliphatic rings. The number of aromatic carboxylic acids is 1. The van der Waals surface area contributed by atoms with E-state index in [1.807, 2.05) is 0 Å². The smallest absolute Gasteiger partial charge is 0.416 e. The molecule has 20 heavy (non-hydrogen) atoms. The van der Waals surface area contributed by atoms with Crippen molar-refractivity contribution in [1.29, 1.82) is 0 Å². The number of ketones is 1. The third kappa shape index (κ3) is 2.71. The minimum atomic E-state index is -4.47. The first-order valence-electron chi connectivity index (χ1n) is 5.42. The molecule has 1 aromatic carbocycles. The van der Waals surface area contributed by atoms with Crippen molar-refractivity contribution in [3.63, 3.8) is 0 Å². The van der Waals surface area contributed by atoms with Gasteiger partial charge in [0.05, 0.1) is 5.56 Å². The largest absolute Gasteiger partial charge is 0.477 e. The fraction of sp³-hybridized carbons (Fsp3) is 0.0769. The Labute approximate surface area is 110 Å². The summed E-state index contributed by atoms with van der Waals surface area (Å²) in [5, 5.41) is 8.71. The minimum absolute atomic E-state index is 0.0499. The third-order valence-corrected chi connectivity index (χ3v) is 2.65. The Hall–Kier alpha value is -2.57. The number of rotatable bonds is 3. The van der Waals surface area contributed by atoms with Gasteiger partial charge >= 0.3 is 12.1 Å². The number of hydrogen-bond acceptors (Lipinski definition) is 2. The summed E-state index contributed by atoms with van der Waals surface area (Å²) in [4.78, 5) is 25.0. The number of alkyl halides is 3. The lowest BCUT2D eigenvalue weighted by Crippen LogP contribution is -2.06. The monoisotopic (exact) mass is 283 g/mol. The molecule has 0 amide bonds. The number of benzene rings is 1. The number of halogens is 3. The van der Waals surface area contributed by atoms with Crippen molar-refractivity contribution in [1.82, 2.24) is 4.98 Å². The van der Waals surface area contributed by atoms with Gasteiger partial charge in [0.2, 0.25) is 0 Å². The molecule has 0 aliphatic heterocycles. The second-order valence-corrected chi connectivity index (χ2v) is 4.01. The Morgan fingerprint density at radius 2 is 1.65 bits per heavy atom. The highest BCUT2D eigenvalue weighted by atomic mass is 19.4. The third-order valence-electron chi connectivity index (χ3n) is 2.65. The molecule has 0 aliphatic carbocycles. The fourth-order valence-corrected chi connectivity index (χ4v) is 1.63. The van der Waals surface area contributed by atoms with Gasteiger partial charge in [0.1, 0.15) is 5.69 Å². The molecule has 0 fully saturated rings. The molecule has 0 spiro atoms. The quantitative estimate of drug-likeness (QED) is 0.851. The lowest BCUT2D eigenvalue weighted by atomic mass is 10.0. The average molecular weight is 283 g/mol. The van der Waals surface area contributed by atoms with Gasteiger partial charge in [-0.15, -0.1) is 0 Å². The first-order chi connectivity index (χ1) is 9.29. The van der Waals surface area contributed by atoms with Gasteiger partial charge in [0.25, 0.3) is 0 Å². The zero-order valence-electron chi connectivity index (χ0n) is 9.86. The predicted molar refractivity (Wildman–Crippen MR) is 62.6 cm³/mol. The summed E-state index contributed by atoms with van der Waals surface area (Å²) in [6.07, 6.45) is -3.27. The molecule has 0 radical (unpaired) electrons. The maximum atomic E-state index is 12.4. The van der Waals surface area contributed by atoms with E-state index in [0.29, 0.717) is 0 Å². The summed E-state index contributed by atoms with van der Waals surface area (Å²) in [5.41, 5.74) is -0.897. The van der Waals surface area contributed by atoms with E-state index in [1.165, 1.54) is 6.20 Å². The van der Waals surface area contributed by atoms with E-state index < -0.39 is 23.5 Å². The van der Waals surface area contributed by atoms with E-state index in [2.05, 4.69) is 4.98 Å². The van der Waals surface area contributed by atoms with E-state index in [0.717, 1.165) is 30.3 Å². The van der Waals surface area contributed by atoms with Crippen LogP contribution in [0.1, 0.15) is 32.0 Å². The molecule has 0 atom stereocenters. The number of carbonyl (C=O) groups is 2. The second kappa shape index (κ2) is 4.84. The fourth-order valence-electron chi connectivity index (χ4n) is 1.63. The zero-order chi connectivity index (χ0) is 14.9.